The van der Waals surface area contributed by atoms with Gasteiger partial charge in [-0.2, -0.15) is 0 Å². The molecule has 1 aromatic rings. The highest BCUT2D eigenvalue weighted by Gasteiger charge is 2.05. The molecule has 6 heteroatoms. The third-order valence-corrected chi connectivity index (χ3v) is 2.65. The van der Waals surface area contributed by atoms with E-state index in [1.54, 1.807) is 19.2 Å². The van der Waals surface area contributed by atoms with Crippen LogP contribution in [0.25, 0.3) is 0 Å². The predicted molar refractivity (Wildman–Crippen MR) is 72.1 cm³/mol. The van der Waals surface area contributed by atoms with Crippen molar-refractivity contribution in [3.05, 3.63) is 39.9 Å². The fraction of sp³-hybridized carbons (Fsp3) is 0.538. The number of likely N-dealkylation sites (N-methyl/N-ethyl adjacent to an activating group) is 1. The van der Waals surface area contributed by atoms with Crippen LogP contribution in [0.15, 0.2) is 24.3 Å². The van der Waals surface area contributed by atoms with Crippen LogP contribution >= 0.6 is 0 Å². The average Bonchev–Trinajstić information content (AvgIpc) is 2.39. The summed E-state index contributed by atoms with van der Waals surface area (Å²) in [6.07, 6.45) is 0. The van der Waals surface area contributed by atoms with Gasteiger partial charge in [0.15, 0.2) is 0 Å². The third kappa shape index (κ3) is 6.28. The largest absolute Gasteiger partial charge is 0.382 e. The summed E-state index contributed by atoms with van der Waals surface area (Å²) in [6.45, 7) is 3.40. The van der Waals surface area contributed by atoms with E-state index in [9.17, 15) is 10.1 Å². The molecule has 0 fully saturated rings. The number of non-ortho nitro benzene ring substituents is 1. The lowest BCUT2D eigenvalue weighted by atomic mass is 10.2. The Bertz CT molecular complexity index is 381. The van der Waals surface area contributed by atoms with E-state index in [2.05, 4.69) is 4.90 Å². The average molecular weight is 268 g/mol. The first kappa shape index (κ1) is 15.6. The molecule has 0 amide bonds. The van der Waals surface area contributed by atoms with Gasteiger partial charge < -0.3 is 9.47 Å². The summed E-state index contributed by atoms with van der Waals surface area (Å²) in [5.41, 5.74) is 1.17. The van der Waals surface area contributed by atoms with Crippen molar-refractivity contribution in [3.63, 3.8) is 0 Å². The summed E-state index contributed by atoms with van der Waals surface area (Å²) in [5, 5.41) is 10.5. The minimum absolute atomic E-state index is 0.120. The van der Waals surface area contributed by atoms with Gasteiger partial charge in [0.25, 0.3) is 5.69 Å². The molecule has 0 bridgehead atoms. The van der Waals surface area contributed by atoms with Crippen LogP contribution in [0.2, 0.25) is 0 Å². The molecule has 0 spiro atoms. The number of rotatable bonds is 9. The summed E-state index contributed by atoms with van der Waals surface area (Å²) >= 11 is 0. The summed E-state index contributed by atoms with van der Waals surface area (Å²) in [5.74, 6) is 0. The van der Waals surface area contributed by atoms with Crippen molar-refractivity contribution >= 4 is 5.69 Å². The SMILES string of the molecule is COCCOCCN(C)Cc1ccc([N+](=O)[O-])cc1. The topological polar surface area (TPSA) is 64.8 Å². The van der Waals surface area contributed by atoms with E-state index in [1.165, 1.54) is 12.1 Å². The Hall–Kier alpha value is -1.50. The smallest absolute Gasteiger partial charge is 0.269 e. The number of benzene rings is 1. The molecule has 19 heavy (non-hydrogen) atoms. The van der Waals surface area contributed by atoms with E-state index < -0.39 is 4.92 Å². The minimum Gasteiger partial charge on any atom is -0.382 e. The maximum absolute atomic E-state index is 10.5. The Balaban J connectivity index is 2.27. The first-order valence-corrected chi connectivity index (χ1v) is 6.12. The highest BCUT2D eigenvalue weighted by Crippen LogP contribution is 2.12. The zero-order valence-corrected chi connectivity index (χ0v) is 11.4. The molecule has 0 aliphatic heterocycles. The van der Waals surface area contributed by atoms with Crippen molar-refractivity contribution in [3.8, 4) is 0 Å². The van der Waals surface area contributed by atoms with Crippen molar-refractivity contribution < 1.29 is 14.4 Å². The lowest BCUT2D eigenvalue weighted by molar-refractivity contribution is -0.384. The molecule has 0 unspecified atom stereocenters. The molecule has 1 rings (SSSR count). The number of nitro groups is 1. The molecule has 1 aromatic carbocycles. The van der Waals surface area contributed by atoms with E-state index in [0.29, 0.717) is 19.8 Å². The Morgan fingerprint density at radius 3 is 2.47 bits per heavy atom. The van der Waals surface area contributed by atoms with E-state index in [0.717, 1.165) is 18.7 Å². The number of nitro benzene ring substituents is 1. The first-order valence-electron chi connectivity index (χ1n) is 6.12. The molecule has 6 nitrogen and oxygen atoms in total. The second kappa shape index (κ2) is 8.58. The number of methoxy groups -OCH3 is 1. The van der Waals surface area contributed by atoms with E-state index in [4.69, 9.17) is 9.47 Å². The maximum Gasteiger partial charge on any atom is 0.269 e. The van der Waals surface area contributed by atoms with Gasteiger partial charge in [0.05, 0.1) is 24.7 Å². The van der Waals surface area contributed by atoms with Crippen LogP contribution in [0.5, 0.6) is 0 Å². The molecule has 0 saturated heterocycles. The number of hydrogen-bond donors (Lipinski definition) is 0. The van der Waals surface area contributed by atoms with Gasteiger partial charge in [0.1, 0.15) is 0 Å². The highest BCUT2D eigenvalue weighted by atomic mass is 16.6. The van der Waals surface area contributed by atoms with E-state index >= 15 is 0 Å². The lowest BCUT2D eigenvalue weighted by Gasteiger charge is -2.16. The van der Waals surface area contributed by atoms with Crippen LogP contribution in [-0.4, -0.2) is 50.3 Å². The van der Waals surface area contributed by atoms with Crippen molar-refractivity contribution in [1.82, 2.24) is 4.90 Å². The molecule has 0 aliphatic carbocycles. The molecule has 0 aromatic heterocycles. The van der Waals surface area contributed by atoms with Crippen LogP contribution < -0.4 is 0 Å². The summed E-state index contributed by atoms with van der Waals surface area (Å²) in [7, 11) is 3.63. The van der Waals surface area contributed by atoms with Crippen LogP contribution in [-0.2, 0) is 16.0 Å². The second-order valence-electron chi connectivity index (χ2n) is 4.27. The van der Waals surface area contributed by atoms with Gasteiger partial charge in [0, 0.05) is 32.3 Å². The van der Waals surface area contributed by atoms with Crippen molar-refractivity contribution in [2.45, 2.75) is 6.54 Å². The molecule has 106 valence electrons. The second-order valence-corrected chi connectivity index (χ2v) is 4.27. The van der Waals surface area contributed by atoms with E-state index in [-0.39, 0.29) is 5.69 Å². The highest BCUT2D eigenvalue weighted by molar-refractivity contribution is 5.32. The van der Waals surface area contributed by atoms with Crippen molar-refractivity contribution in [1.29, 1.82) is 0 Å². The van der Waals surface area contributed by atoms with Gasteiger partial charge in [0.2, 0.25) is 0 Å². The monoisotopic (exact) mass is 268 g/mol. The quantitative estimate of drug-likeness (QED) is 0.387. The van der Waals surface area contributed by atoms with E-state index in [1.807, 2.05) is 7.05 Å². The lowest BCUT2D eigenvalue weighted by Crippen LogP contribution is -2.23. The van der Waals surface area contributed by atoms with Crippen molar-refractivity contribution in [2.24, 2.45) is 0 Å². The van der Waals surface area contributed by atoms with Gasteiger partial charge in [-0.1, -0.05) is 12.1 Å². The number of hydrogen-bond acceptors (Lipinski definition) is 5. The molecule has 0 N–H and O–H groups in total. The summed E-state index contributed by atoms with van der Waals surface area (Å²) < 4.78 is 10.3. The number of ether oxygens (including phenoxy) is 2. The Morgan fingerprint density at radius 2 is 1.89 bits per heavy atom. The van der Waals surface area contributed by atoms with Crippen LogP contribution in [0, 0.1) is 10.1 Å². The predicted octanol–water partition coefficient (Wildman–Crippen LogP) is 1.69. The fourth-order valence-electron chi connectivity index (χ4n) is 1.58. The molecule has 0 heterocycles. The van der Waals surface area contributed by atoms with Crippen molar-refractivity contribution in [2.75, 3.05) is 40.5 Å². The number of nitrogens with zero attached hydrogens (tertiary/aromatic N) is 2. The zero-order valence-electron chi connectivity index (χ0n) is 11.4. The molecule has 0 atom stereocenters. The minimum atomic E-state index is -0.392. The molecular formula is C13H20N2O4. The van der Waals surface area contributed by atoms with Crippen LogP contribution in [0.3, 0.4) is 0 Å². The fourth-order valence-corrected chi connectivity index (χ4v) is 1.58. The van der Waals surface area contributed by atoms with Gasteiger partial charge in [-0.05, 0) is 12.6 Å². The van der Waals surface area contributed by atoms with Crippen LogP contribution in [0.1, 0.15) is 5.56 Å². The van der Waals surface area contributed by atoms with Gasteiger partial charge in [-0.3, -0.25) is 15.0 Å². The zero-order chi connectivity index (χ0) is 14.1. The first-order chi connectivity index (χ1) is 9.13. The standard InChI is InChI=1S/C13H20N2O4/c1-14(7-8-19-10-9-18-2)11-12-3-5-13(6-4-12)15(16)17/h3-6H,7-11H2,1-2H3. The molecule has 0 radical (unpaired) electrons. The van der Waals surface area contributed by atoms with Crippen LogP contribution in [0.4, 0.5) is 5.69 Å². The molecule has 0 saturated carbocycles. The molecular weight excluding hydrogens is 248 g/mol. The normalized spacial score (nSPS) is 10.9. The maximum atomic E-state index is 10.5. The Kier molecular flexibility index (Phi) is 7.02. The van der Waals surface area contributed by atoms with Gasteiger partial charge in [-0.25, -0.2) is 0 Å². The molecule has 0 aliphatic rings. The summed E-state index contributed by atoms with van der Waals surface area (Å²) in [4.78, 5) is 12.2. The third-order valence-electron chi connectivity index (χ3n) is 2.65. The Morgan fingerprint density at radius 1 is 1.21 bits per heavy atom. The summed E-state index contributed by atoms with van der Waals surface area (Å²) in [6, 6.07) is 6.61. The van der Waals surface area contributed by atoms with Gasteiger partial charge >= 0.3 is 0 Å². The Labute approximate surface area is 113 Å². The van der Waals surface area contributed by atoms with Gasteiger partial charge in [-0.15, -0.1) is 0 Å².